The average molecular weight is 388 g/mol. The zero-order valence-electron chi connectivity index (χ0n) is 13.2. The first kappa shape index (κ1) is 15.1. The first-order valence-electron chi connectivity index (χ1n) is 7.55. The molecule has 0 saturated heterocycles. The quantitative estimate of drug-likeness (QED) is 0.494. The molecular weight excluding hydrogens is 374 g/mol. The van der Waals surface area contributed by atoms with E-state index in [0.717, 1.165) is 27.2 Å². The first-order chi connectivity index (χ1) is 11.6. The molecule has 24 heavy (non-hydrogen) atoms. The van der Waals surface area contributed by atoms with Gasteiger partial charge in [0, 0.05) is 6.42 Å². The third kappa shape index (κ3) is 2.17. The molecule has 7 nitrogen and oxygen atoms in total. The highest BCUT2D eigenvalue weighted by Gasteiger charge is 2.28. The van der Waals surface area contributed by atoms with E-state index in [-0.39, 0.29) is 5.69 Å². The summed E-state index contributed by atoms with van der Waals surface area (Å²) in [6.45, 7) is 4.08. The topological polar surface area (TPSA) is 74.8 Å². The van der Waals surface area contributed by atoms with Gasteiger partial charge in [-0.15, -0.1) is 5.10 Å². The van der Waals surface area contributed by atoms with Gasteiger partial charge in [-0.1, -0.05) is 11.3 Å². The Morgan fingerprint density at radius 3 is 2.96 bits per heavy atom. The number of aryl methyl sites for hydroxylation is 1. The van der Waals surface area contributed by atoms with E-state index in [1.54, 1.807) is 17.9 Å². The molecule has 1 aliphatic heterocycles. The highest BCUT2D eigenvalue weighted by atomic mass is 79.9. The summed E-state index contributed by atoms with van der Waals surface area (Å²) in [5.41, 5.74) is 4.76. The molecule has 0 unspecified atom stereocenters. The van der Waals surface area contributed by atoms with Gasteiger partial charge in [-0.3, -0.25) is 4.57 Å². The molecule has 8 heteroatoms. The molecule has 122 valence electrons. The number of nitrogens with zero attached hydrogens (tertiary/aromatic N) is 5. The van der Waals surface area contributed by atoms with Gasteiger partial charge in [0.15, 0.2) is 5.69 Å². The lowest BCUT2D eigenvalue weighted by molar-refractivity contribution is 0.0518. The molecule has 0 spiro atoms. The maximum atomic E-state index is 12.2. The van der Waals surface area contributed by atoms with Gasteiger partial charge in [-0.05, 0) is 47.5 Å². The van der Waals surface area contributed by atoms with Crippen LogP contribution in [0.1, 0.15) is 34.4 Å². The number of benzene rings is 1. The standard InChI is InChI=1S/C16H14BrN5O2/c1-3-24-16(23)14-12-7-13-15(17)18-8-21(13)10-5-4-9(2)6-11(10)22(12)20-19-14/h4-6,8H,3,7H2,1-2H3. The van der Waals surface area contributed by atoms with Crippen LogP contribution in [0.25, 0.3) is 11.4 Å². The second kappa shape index (κ2) is 5.55. The fraction of sp³-hybridized carbons (Fsp3) is 0.250. The maximum absolute atomic E-state index is 12.2. The molecule has 0 fully saturated rings. The van der Waals surface area contributed by atoms with Crippen molar-refractivity contribution in [3.8, 4) is 11.4 Å². The number of hydrogen-bond donors (Lipinski definition) is 0. The van der Waals surface area contributed by atoms with Crippen LogP contribution in [0.15, 0.2) is 29.1 Å². The number of carbonyl (C=O) groups excluding carboxylic acids is 1. The summed E-state index contributed by atoms with van der Waals surface area (Å²) in [4.78, 5) is 16.6. The Bertz CT molecular complexity index is 960. The third-order valence-electron chi connectivity index (χ3n) is 4.00. The van der Waals surface area contributed by atoms with Crippen molar-refractivity contribution in [2.45, 2.75) is 20.3 Å². The molecule has 0 radical (unpaired) electrons. The van der Waals surface area contributed by atoms with Crippen LogP contribution in [0, 0.1) is 6.92 Å². The Labute approximate surface area is 146 Å². The number of rotatable bonds is 2. The largest absolute Gasteiger partial charge is 0.461 e. The minimum Gasteiger partial charge on any atom is -0.461 e. The van der Waals surface area contributed by atoms with E-state index >= 15 is 0 Å². The van der Waals surface area contributed by atoms with Gasteiger partial charge >= 0.3 is 5.97 Å². The summed E-state index contributed by atoms with van der Waals surface area (Å²) in [6.07, 6.45) is 2.23. The number of fused-ring (bicyclic) bond motifs is 5. The van der Waals surface area contributed by atoms with Crippen molar-refractivity contribution >= 4 is 21.9 Å². The van der Waals surface area contributed by atoms with Crippen molar-refractivity contribution < 1.29 is 9.53 Å². The van der Waals surface area contributed by atoms with Gasteiger partial charge in [0.25, 0.3) is 0 Å². The molecule has 2 aromatic heterocycles. The second-order valence-electron chi connectivity index (χ2n) is 5.54. The van der Waals surface area contributed by atoms with Gasteiger partial charge in [0.2, 0.25) is 0 Å². The van der Waals surface area contributed by atoms with Crippen LogP contribution < -0.4 is 0 Å². The van der Waals surface area contributed by atoms with E-state index in [1.165, 1.54) is 0 Å². The number of carbonyl (C=O) groups is 1. The van der Waals surface area contributed by atoms with E-state index in [4.69, 9.17) is 4.74 Å². The predicted octanol–water partition coefficient (Wildman–Crippen LogP) is 2.60. The van der Waals surface area contributed by atoms with Crippen LogP contribution >= 0.6 is 15.9 Å². The van der Waals surface area contributed by atoms with Crippen LogP contribution in [-0.2, 0) is 11.2 Å². The van der Waals surface area contributed by atoms with Crippen molar-refractivity contribution in [1.82, 2.24) is 24.5 Å². The maximum Gasteiger partial charge on any atom is 0.360 e. The summed E-state index contributed by atoms with van der Waals surface area (Å²) < 4.78 is 9.57. The van der Waals surface area contributed by atoms with E-state index in [9.17, 15) is 4.79 Å². The van der Waals surface area contributed by atoms with Crippen LogP contribution in [0.5, 0.6) is 0 Å². The fourth-order valence-electron chi connectivity index (χ4n) is 2.89. The molecule has 3 heterocycles. The Balaban J connectivity index is 2.00. The average Bonchev–Trinajstić information content (AvgIpc) is 3.10. The van der Waals surface area contributed by atoms with E-state index < -0.39 is 5.97 Å². The SMILES string of the molecule is CCOC(=O)c1nnn2c1Cc1c(Br)ncn1-c1ccc(C)cc1-2. The molecule has 0 N–H and O–H groups in total. The van der Waals surface area contributed by atoms with Gasteiger partial charge < -0.3 is 4.74 Å². The van der Waals surface area contributed by atoms with Crippen molar-refractivity contribution in [2.75, 3.05) is 6.61 Å². The van der Waals surface area contributed by atoms with Crippen molar-refractivity contribution in [3.05, 3.63) is 51.8 Å². The van der Waals surface area contributed by atoms with Gasteiger partial charge in [0.1, 0.15) is 10.9 Å². The number of hydrogen-bond acceptors (Lipinski definition) is 5. The van der Waals surface area contributed by atoms with Gasteiger partial charge in [-0.25, -0.2) is 14.5 Å². The van der Waals surface area contributed by atoms with Crippen molar-refractivity contribution in [3.63, 3.8) is 0 Å². The molecule has 0 amide bonds. The van der Waals surface area contributed by atoms with Gasteiger partial charge in [0.05, 0.1) is 29.4 Å². The molecule has 0 atom stereocenters. The van der Waals surface area contributed by atoms with E-state index in [1.807, 2.05) is 29.7 Å². The molecule has 1 aliphatic rings. The van der Waals surface area contributed by atoms with E-state index in [0.29, 0.717) is 18.7 Å². The van der Waals surface area contributed by atoms with Crippen LogP contribution in [0.4, 0.5) is 0 Å². The zero-order valence-corrected chi connectivity index (χ0v) is 14.7. The summed E-state index contributed by atoms with van der Waals surface area (Å²) in [5, 5.41) is 8.28. The highest BCUT2D eigenvalue weighted by molar-refractivity contribution is 9.10. The Hall–Kier alpha value is -2.48. The monoisotopic (exact) mass is 387 g/mol. The summed E-state index contributed by atoms with van der Waals surface area (Å²) >= 11 is 3.49. The smallest absolute Gasteiger partial charge is 0.360 e. The normalized spacial score (nSPS) is 12.1. The lowest BCUT2D eigenvalue weighted by atomic mass is 10.2. The molecule has 3 aromatic rings. The Morgan fingerprint density at radius 2 is 2.17 bits per heavy atom. The van der Waals surface area contributed by atoms with Gasteiger partial charge in [-0.2, -0.15) is 0 Å². The zero-order chi connectivity index (χ0) is 16.8. The van der Waals surface area contributed by atoms with Crippen molar-refractivity contribution in [2.24, 2.45) is 0 Å². The molecule has 0 saturated carbocycles. The van der Waals surface area contributed by atoms with Crippen molar-refractivity contribution in [1.29, 1.82) is 0 Å². The minimum absolute atomic E-state index is 0.242. The minimum atomic E-state index is -0.461. The Morgan fingerprint density at radius 1 is 1.33 bits per heavy atom. The van der Waals surface area contributed by atoms with Crippen LogP contribution in [0.3, 0.4) is 0 Å². The van der Waals surface area contributed by atoms with Crippen LogP contribution in [-0.4, -0.2) is 37.1 Å². The highest BCUT2D eigenvalue weighted by Crippen LogP contribution is 2.32. The number of ether oxygens (including phenoxy) is 1. The fourth-order valence-corrected chi connectivity index (χ4v) is 3.32. The Kier molecular flexibility index (Phi) is 3.49. The van der Waals surface area contributed by atoms with E-state index in [2.05, 4.69) is 31.2 Å². The molecular formula is C16H14BrN5O2. The third-order valence-corrected chi connectivity index (χ3v) is 4.66. The lowest BCUT2D eigenvalue weighted by Gasteiger charge is -2.10. The second-order valence-corrected chi connectivity index (χ2v) is 6.29. The first-order valence-corrected chi connectivity index (χ1v) is 8.34. The lowest BCUT2D eigenvalue weighted by Crippen LogP contribution is -2.10. The molecule has 1 aromatic carbocycles. The molecule has 4 rings (SSSR count). The summed E-state index contributed by atoms with van der Waals surface area (Å²) in [6, 6.07) is 6.07. The predicted molar refractivity (Wildman–Crippen MR) is 89.7 cm³/mol. The number of aromatic nitrogens is 5. The number of halogens is 1. The number of esters is 1. The summed E-state index contributed by atoms with van der Waals surface area (Å²) in [5.74, 6) is -0.461. The summed E-state index contributed by atoms with van der Waals surface area (Å²) in [7, 11) is 0. The molecule has 0 bridgehead atoms. The molecule has 0 aliphatic carbocycles. The number of imidazole rings is 1. The van der Waals surface area contributed by atoms with Crippen LogP contribution in [0.2, 0.25) is 0 Å².